The quantitative estimate of drug-likeness (QED) is 0.368. The highest BCUT2D eigenvalue weighted by molar-refractivity contribution is 5.95. The number of ether oxygens (including phenoxy) is 1. The first-order valence-electron chi connectivity index (χ1n) is 11.1. The topological polar surface area (TPSA) is 58.8 Å². The Kier molecular flexibility index (Phi) is 6.74. The molecule has 7 heteroatoms. The van der Waals surface area contributed by atoms with Crippen LogP contribution in [-0.2, 0) is 0 Å². The molecule has 1 fully saturated rings. The molecule has 1 aromatic heterocycles. The summed E-state index contributed by atoms with van der Waals surface area (Å²) in [5.41, 5.74) is 3.08. The molecule has 3 aromatic rings. The minimum Gasteiger partial charge on any atom is -0.491 e. The Bertz CT molecular complexity index is 1090. The van der Waals surface area contributed by atoms with E-state index in [1.807, 2.05) is 37.2 Å². The standard InChI is InChI=1S/C25H30FN3O3/c1-17(30)19-5-8-23(22(15-19)28(2)3)31-14-4-11-29-12-9-18(10-13-29)25-21-7-6-20(26)16-24(21)32-27-25/h5-8,15-16,18H,4,9-14H2,1-3H3. The van der Waals surface area contributed by atoms with Crippen molar-refractivity contribution < 1.29 is 18.4 Å². The third-order valence-corrected chi connectivity index (χ3v) is 6.16. The van der Waals surface area contributed by atoms with Crippen LogP contribution in [-0.4, -0.2) is 56.2 Å². The number of anilines is 1. The molecule has 0 spiro atoms. The number of hydrogen-bond donors (Lipinski definition) is 0. The molecule has 0 unspecified atom stereocenters. The Hall–Kier alpha value is -2.93. The summed E-state index contributed by atoms with van der Waals surface area (Å²) < 4.78 is 24.8. The Morgan fingerprint density at radius 3 is 2.72 bits per heavy atom. The molecular formula is C25H30FN3O3. The van der Waals surface area contributed by atoms with Crippen molar-refractivity contribution in [1.82, 2.24) is 10.1 Å². The third-order valence-electron chi connectivity index (χ3n) is 6.16. The molecular weight excluding hydrogens is 409 g/mol. The fraction of sp³-hybridized carbons (Fsp3) is 0.440. The van der Waals surface area contributed by atoms with E-state index in [0.717, 1.165) is 61.4 Å². The highest BCUT2D eigenvalue weighted by atomic mass is 19.1. The van der Waals surface area contributed by atoms with Gasteiger partial charge in [0.05, 0.1) is 18.0 Å². The summed E-state index contributed by atoms with van der Waals surface area (Å²) in [4.78, 5) is 16.1. The van der Waals surface area contributed by atoms with Crippen LogP contribution in [0.25, 0.3) is 11.0 Å². The maximum absolute atomic E-state index is 13.4. The van der Waals surface area contributed by atoms with Crippen LogP contribution in [0.15, 0.2) is 40.9 Å². The molecule has 2 aromatic carbocycles. The van der Waals surface area contributed by atoms with Gasteiger partial charge in [-0.25, -0.2) is 4.39 Å². The van der Waals surface area contributed by atoms with Gasteiger partial charge in [0, 0.05) is 43.6 Å². The molecule has 2 heterocycles. The molecule has 6 nitrogen and oxygen atoms in total. The summed E-state index contributed by atoms with van der Waals surface area (Å²) in [7, 11) is 3.90. The van der Waals surface area contributed by atoms with Gasteiger partial charge < -0.3 is 19.1 Å². The lowest BCUT2D eigenvalue weighted by Gasteiger charge is -2.31. The van der Waals surface area contributed by atoms with Crippen LogP contribution in [0, 0.1) is 5.82 Å². The minimum absolute atomic E-state index is 0.0498. The summed E-state index contributed by atoms with van der Waals surface area (Å²) in [5, 5.41) is 5.15. The Morgan fingerprint density at radius 2 is 2.00 bits per heavy atom. The number of benzene rings is 2. The van der Waals surface area contributed by atoms with Gasteiger partial charge in [-0.15, -0.1) is 0 Å². The molecule has 1 aliphatic heterocycles. The maximum Gasteiger partial charge on any atom is 0.170 e. The Labute approximate surface area is 187 Å². The molecule has 32 heavy (non-hydrogen) atoms. The van der Waals surface area contributed by atoms with Gasteiger partial charge in [-0.1, -0.05) is 5.16 Å². The van der Waals surface area contributed by atoms with E-state index in [-0.39, 0.29) is 11.6 Å². The van der Waals surface area contributed by atoms with Crippen molar-refractivity contribution in [3.05, 3.63) is 53.5 Å². The second-order valence-electron chi connectivity index (χ2n) is 8.66. The fourth-order valence-electron chi connectivity index (χ4n) is 4.33. The first-order chi connectivity index (χ1) is 15.4. The van der Waals surface area contributed by atoms with Crippen molar-refractivity contribution >= 4 is 22.4 Å². The molecule has 0 saturated carbocycles. The third kappa shape index (κ3) is 4.93. The number of carbonyl (C=O) groups excluding carboxylic acids is 1. The lowest BCUT2D eigenvalue weighted by Crippen LogP contribution is -2.34. The summed E-state index contributed by atoms with van der Waals surface area (Å²) in [6.45, 7) is 5.16. The van der Waals surface area contributed by atoms with Crippen LogP contribution in [0.5, 0.6) is 5.75 Å². The van der Waals surface area contributed by atoms with Crippen LogP contribution in [0.3, 0.4) is 0 Å². The number of nitrogens with zero attached hydrogens (tertiary/aromatic N) is 3. The van der Waals surface area contributed by atoms with Gasteiger partial charge in [0.25, 0.3) is 0 Å². The van der Waals surface area contributed by atoms with E-state index in [0.29, 0.717) is 23.7 Å². The zero-order valence-electron chi connectivity index (χ0n) is 18.9. The Morgan fingerprint density at radius 1 is 1.22 bits per heavy atom. The molecule has 0 amide bonds. The summed E-state index contributed by atoms with van der Waals surface area (Å²) in [6.07, 6.45) is 2.95. The first-order valence-corrected chi connectivity index (χ1v) is 11.1. The van der Waals surface area contributed by atoms with E-state index in [1.54, 1.807) is 13.0 Å². The van der Waals surface area contributed by atoms with Crippen LogP contribution in [0.1, 0.15) is 48.2 Å². The van der Waals surface area contributed by atoms with E-state index >= 15 is 0 Å². The molecule has 0 bridgehead atoms. The first kappa shape index (κ1) is 22.3. The van der Waals surface area contributed by atoms with Crippen molar-refractivity contribution in [2.45, 2.75) is 32.1 Å². The molecule has 1 saturated heterocycles. The highest BCUT2D eigenvalue weighted by Gasteiger charge is 2.25. The number of rotatable bonds is 8. The van der Waals surface area contributed by atoms with Crippen LogP contribution < -0.4 is 9.64 Å². The number of halogens is 1. The monoisotopic (exact) mass is 439 g/mol. The van der Waals surface area contributed by atoms with Crippen molar-refractivity contribution in [3.63, 3.8) is 0 Å². The number of hydrogen-bond acceptors (Lipinski definition) is 6. The molecule has 0 N–H and O–H groups in total. The summed E-state index contributed by atoms with van der Waals surface area (Å²) in [6, 6.07) is 10.2. The molecule has 0 radical (unpaired) electrons. The average Bonchev–Trinajstić information content (AvgIpc) is 3.20. The van der Waals surface area contributed by atoms with E-state index < -0.39 is 0 Å². The van der Waals surface area contributed by atoms with Gasteiger partial charge >= 0.3 is 0 Å². The largest absolute Gasteiger partial charge is 0.491 e. The molecule has 4 rings (SSSR count). The normalized spacial score (nSPS) is 15.2. The van der Waals surface area contributed by atoms with Gasteiger partial charge in [0.1, 0.15) is 11.6 Å². The van der Waals surface area contributed by atoms with Crippen molar-refractivity contribution in [3.8, 4) is 5.75 Å². The minimum atomic E-state index is -0.301. The Balaban J connectivity index is 1.26. The zero-order chi connectivity index (χ0) is 22.7. The molecule has 170 valence electrons. The summed E-state index contributed by atoms with van der Waals surface area (Å²) >= 11 is 0. The zero-order valence-corrected chi connectivity index (χ0v) is 18.9. The van der Waals surface area contributed by atoms with E-state index in [9.17, 15) is 9.18 Å². The summed E-state index contributed by atoms with van der Waals surface area (Å²) in [5.74, 6) is 0.892. The SMILES string of the molecule is CC(=O)c1ccc(OCCCN2CCC(c3noc4cc(F)ccc34)CC2)c(N(C)C)c1. The van der Waals surface area contributed by atoms with Crippen LogP contribution in [0.4, 0.5) is 10.1 Å². The van der Waals surface area contributed by atoms with E-state index in [4.69, 9.17) is 9.26 Å². The van der Waals surface area contributed by atoms with Crippen molar-refractivity contribution in [1.29, 1.82) is 0 Å². The van der Waals surface area contributed by atoms with Crippen molar-refractivity contribution in [2.24, 2.45) is 0 Å². The number of likely N-dealkylation sites (tertiary alicyclic amines) is 1. The predicted molar refractivity (Wildman–Crippen MR) is 123 cm³/mol. The highest BCUT2D eigenvalue weighted by Crippen LogP contribution is 2.33. The number of ketones is 1. The van der Waals surface area contributed by atoms with Gasteiger partial charge in [0.2, 0.25) is 0 Å². The second kappa shape index (κ2) is 9.69. The van der Waals surface area contributed by atoms with Crippen LogP contribution >= 0.6 is 0 Å². The van der Waals surface area contributed by atoms with E-state index in [2.05, 4.69) is 10.1 Å². The number of Topliss-reactive ketones (excluding diaryl/α,β-unsaturated/α-hetero) is 1. The second-order valence-corrected chi connectivity index (χ2v) is 8.66. The number of piperidine rings is 1. The van der Waals surface area contributed by atoms with Gasteiger partial charge in [-0.2, -0.15) is 0 Å². The number of aromatic nitrogens is 1. The average molecular weight is 440 g/mol. The lowest BCUT2D eigenvalue weighted by molar-refractivity contribution is 0.101. The van der Waals surface area contributed by atoms with Gasteiger partial charge in [0.15, 0.2) is 11.4 Å². The molecule has 0 atom stereocenters. The molecule has 1 aliphatic rings. The number of carbonyl (C=O) groups is 1. The maximum atomic E-state index is 13.4. The van der Waals surface area contributed by atoms with E-state index in [1.165, 1.54) is 12.1 Å². The fourth-order valence-corrected chi connectivity index (χ4v) is 4.33. The molecule has 0 aliphatic carbocycles. The van der Waals surface area contributed by atoms with Crippen LogP contribution in [0.2, 0.25) is 0 Å². The van der Waals surface area contributed by atoms with Gasteiger partial charge in [-0.3, -0.25) is 4.79 Å². The van der Waals surface area contributed by atoms with Crippen molar-refractivity contribution in [2.75, 3.05) is 45.2 Å². The number of fused-ring (bicyclic) bond motifs is 1. The lowest BCUT2D eigenvalue weighted by atomic mass is 9.91. The smallest absolute Gasteiger partial charge is 0.170 e. The van der Waals surface area contributed by atoms with Gasteiger partial charge in [-0.05, 0) is 69.6 Å². The predicted octanol–water partition coefficient (Wildman–Crippen LogP) is 4.88.